The van der Waals surface area contributed by atoms with Crippen LogP contribution in [0.4, 0.5) is 5.82 Å². The van der Waals surface area contributed by atoms with Crippen LogP contribution in [0.15, 0.2) is 48.7 Å². The van der Waals surface area contributed by atoms with E-state index in [4.69, 9.17) is 4.98 Å². The summed E-state index contributed by atoms with van der Waals surface area (Å²) >= 11 is 0. The van der Waals surface area contributed by atoms with Gasteiger partial charge in [0.2, 0.25) is 0 Å². The summed E-state index contributed by atoms with van der Waals surface area (Å²) < 4.78 is 1.92. The number of rotatable bonds is 5. The number of hydrogen-bond acceptors (Lipinski definition) is 5. The highest BCUT2D eigenvalue weighted by atomic mass is 15.4. The van der Waals surface area contributed by atoms with Crippen molar-refractivity contribution < 1.29 is 0 Å². The summed E-state index contributed by atoms with van der Waals surface area (Å²) in [7, 11) is 2.14. The molecule has 1 aliphatic heterocycles. The summed E-state index contributed by atoms with van der Waals surface area (Å²) in [6.45, 7) is 5.45. The molecular formula is C20H26N6. The fourth-order valence-corrected chi connectivity index (χ4v) is 3.79. The highest BCUT2D eigenvalue weighted by Gasteiger charge is 2.29. The average Bonchev–Trinajstić information content (AvgIpc) is 3.26. The van der Waals surface area contributed by atoms with Crippen LogP contribution in [0.1, 0.15) is 20.3 Å². The molecule has 6 nitrogen and oxygen atoms in total. The summed E-state index contributed by atoms with van der Waals surface area (Å²) in [5.74, 6) is 1.68. The standard InChI is InChI=1S/C20H26N6/c1-14-17(15(2)24-23-14)10-12-25(3)20-13-18(16-7-5-4-6-8-16)22-19-9-11-21-26(19)20/h4-9,11,13-15,17,23-24H,10,12H2,1-3H3. The minimum absolute atomic E-state index is 0.487. The number of aromatic nitrogens is 3. The maximum Gasteiger partial charge on any atom is 0.157 e. The van der Waals surface area contributed by atoms with Gasteiger partial charge in [0.15, 0.2) is 5.65 Å². The van der Waals surface area contributed by atoms with Gasteiger partial charge in [-0.15, -0.1) is 0 Å². The minimum Gasteiger partial charge on any atom is -0.359 e. The smallest absolute Gasteiger partial charge is 0.157 e. The van der Waals surface area contributed by atoms with E-state index in [1.807, 2.05) is 35.0 Å². The maximum absolute atomic E-state index is 4.76. The summed E-state index contributed by atoms with van der Waals surface area (Å²) in [5.41, 5.74) is 9.66. The van der Waals surface area contributed by atoms with Crippen molar-refractivity contribution in [2.75, 3.05) is 18.5 Å². The van der Waals surface area contributed by atoms with Gasteiger partial charge in [0, 0.05) is 43.4 Å². The Bertz CT molecular complexity index is 864. The molecule has 0 spiro atoms. The van der Waals surface area contributed by atoms with E-state index in [-0.39, 0.29) is 0 Å². The van der Waals surface area contributed by atoms with E-state index >= 15 is 0 Å². The molecule has 3 aromatic rings. The highest BCUT2D eigenvalue weighted by Crippen LogP contribution is 2.25. The molecule has 0 aliphatic carbocycles. The Morgan fingerprint density at radius 3 is 2.54 bits per heavy atom. The molecule has 26 heavy (non-hydrogen) atoms. The molecule has 0 amide bonds. The zero-order valence-corrected chi connectivity index (χ0v) is 15.6. The molecule has 6 heteroatoms. The lowest BCUT2D eigenvalue weighted by Crippen LogP contribution is -2.30. The Kier molecular flexibility index (Phi) is 4.61. The molecular weight excluding hydrogens is 324 g/mol. The van der Waals surface area contributed by atoms with Crippen LogP contribution in [0.3, 0.4) is 0 Å². The summed E-state index contributed by atoms with van der Waals surface area (Å²) in [5, 5.41) is 4.47. The van der Waals surface area contributed by atoms with Gasteiger partial charge < -0.3 is 4.90 Å². The lowest BCUT2D eigenvalue weighted by Gasteiger charge is -2.24. The second-order valence-corrected chi connectivity index (χ2v) is 7.21. The highest BCUT2D eigenvalue weighted by molar-refractivity contribution is 5.66. The predicted molar refractivity (Wildman–Crippen MR) is 105 cm³/mol. The van der Waals surface area contributed by atoms with Crippen LogP contribution in [-0.2, 0) is 0 Å². The topological polar surface area (TPSA) is 57.5 Å². The maximum atomic E-state index is 4.76. The van der Waals surface area contributed by atoms with Crippen LogP contribution >= 0.6 is 0 Å². The lowest BCUT2D eigenvalue weighted by atomic mass is 9.93. The monoisotopic (exact) mass is 350 g/mol. The third-order valence-electron chi connectivity index (χ3n) is 5.42. The van der Waals surface area contributed by atoms with E-state index < -0.39 is 0 Å². The number of hydrazine groups is 1. The molecule has 2 N–H and O–H groups in total. The quantitative estimate of drug-likeness (QED) is 0.741. The Labute approximate surface area is 154 Å². The molecule has 3 heterocycles. The SMILES string of the molecule is CC1NNC(C)C1CCN(C)c1cc(-c2ccccc2)nc2ccnn12. The number of anilines is 1. The van der Waals surface area contributed by atoms with Crippen LogP contribution in [0.25, 0.3) is 16.9 Å². The first-order valence-corrected chi connectivity index (χ1v) is 9.26. The van der Waals surface area contributed by atoms with Crippen molar-refractivity contribution in [3.8, 4) is 11.3 Å². The second kappa shape index (κ2) is 7.05. The van der Waals surface area contributed by atoms with Crippen LogP contribution < -0.4 is 15.8 Å². The van der Waals surface area contributed by atoms with E-state index in [1.165, 1.54) is 0 Å². The first-order chi connectivity index (χ1) is 12.6. The lowest BCUT2D eigenvalue weighted by molar-refractivity contribution is 0.416. The molecule has 1 fully saturated rings. The molecule has 0 bridgehead atoms. The van der Waals surface area contributed by atoms with Gasteiger partial charge in [0.05, 0.1) is 11.9 Å². The normalized spacial score (nSPS) is 22.8. The minimum atomic E-state index is 0.487. The van der Waals surface area contributed by atoms with Crippen molar-refractivity contribution in [1.29, 1.82) is 0 Å². The molecule has 4 rings (SSSR count). The van der Waals surface area contributed by atoms with Gasteiger partial charge >= 0.3 is 0 Å². The Balaban J connectivity index is 1.61. The van der Waals surface area contributed by atoms with Crippen LogP contribution in [0.5, 0.6) is 0 Å². The van der Waals surface area contributed by atoms with Crippen LogP contribution in [0.2, 0.25) is 0 Å². The largest absolute Gasteiger partial charge is 0.359 e. The summed E-state index contributed by atoms with van der Waals surface area (Å²) in [6.07, 6.45) is 2.92. The van der Waals surface area contributed by atoms with E-state index in [0.29, 0.717) is 18.0 Å². The van der Waals surface area contributed by atoms with Gasteiger partial charge in [-0.3, -0.25) is 10.9 Å². The van der Waals surface area contributed by atoms with Gasteiger partial charge in [0.25, 0.3) is 0 Å². The van der Waals surface area contributed by atoms with Crippen LogP contribution in [-0.4, -0.2) is 40.3 Å². The van der Waals surface area contributed by atoms with Crippen molar-refractivity contribution in [2.24, 2.45) is 5.92 Å². The average molecular weight is 350 g/mol. The molecule has 0 saturated carbocycles. The number of nitrogens with one attached hydrogen (secondary N) is 2. The molecule has 1 aromatic carbocycles. The zero-order valence-electron chi connectivity index (χ0n) is 15.6. The second-order valence-electron chi connectivity index (χ2n) is 7.21. The zero-order chi connectivity index (χ0) is 18.1. The van der Waals surface area contributed by atoms with Gasteiger partial charge in [-0.25, -0.2) is 4.98 Å². The van der Waals surface area contributed by atoms with Crippen molar-refractivity contribution in [2.45, 2.75) is 32.4 Å². The van der Waals surface area contributed by atoms with E-state index in [9.17, 15) is 0 Å². The van der Waals surface area contributed by atoms with Crippen molar-refractivity contribution in [3.05, 3.63) is 48.7 Å². The molecule has 0 radical (unpaired) electrons. The Hall–Kier alpha value is -2.44. The fourth-order valence-electron chi connectivity index (χ4n) is 3.79. The van der Waals surface area contributed by atoms with Gasteiger partial charge in [-0.2, -0.15) is 9.61 Å². The molecule has 2 aromatic heterocycles. The molecule has 1 aliphatic rings. The van der Waals surface area contributed by atoms with Gasteiger partial charge in [0.1, 0.15) is 5.82 Å². The van der Waals surface area contributed by atoms with Gasteiger partial charge in [-0.05, 0) is 26.2 Å². The summed E-state index contributed by atoms with van der Waals surface area (Å²) in [6, 6.07) is 15.4. The third kappa shape index (κ3) is 3.18. The van der Waals surface area contributed by atoms with E-state index in [1.54, 1.807) is 0 Å². The Morgan fingerprint density at radius 1 is 1.08 bits per heavy atom. The third-order valence-corrected chi connectivity index (χ3v) is 5.42. The number of fused-ring (bicyclic) bond motifs is 1. The molecule has 2 unspecified atom stereocenters. The van der Waals surface area contributed by atoms with Crippen molar-refractivity contribution in [3.63, 3.8) is 0 Å². The predicted octanol–water partition coefficient (Wildman–Crippen LogP) is 2.72. The van der Waals surface area contributed by atoms with E-state index in [2.05, 4.69) is 59.9 Å². The first-order valence-electron chi connectivity index (χ1n) is 9.26. The first kappa shape index (κ1) is 17.0. The molecule has 136 valence electrons. The molecule has 1 saturated heterocycles. The number of hydrogen-bond donors (Lipinski definition) is 2. The Morgan fingerprint density at radius 2 is 1.81 bits per heavy atom. The van der Waals surface area contributed by atoms with Crippen LogP contribution in [0, 0.1) is 5.92 Å². The molecule has 2 atom stereocenters. The fraction of sp³-hybridized carbons (Fsp3) is 0.400. The number of nitrogens with zero attached hydrogens (tertiary/aromatic N) is 4. The van der Waals surface area contributed by atoms with E-state index in [0.717, 1.165) is 35.7 Å². The summed E-state index contributed by atoms with van der Waals surface area (Å²) in [4.78, 5) is 7.05. The van der Waals surface area contributed by atoms with Gasteiger partial charge in [-0.1, -0.05) is 30.3 Å². The van der Waals surface area contributed by atoms with Crippen molar-refractivity contribution in [1.82, 2.24) is 25.4 Å². The number of benzene rings is 1. The van der Waals surface area contributed by atoms with Crippen molar-refractivity contribution >= 4 is 11.5 Å².